The molecule has 2 aromatic rings. The van der Waals surface area contributed by atoms with Crippen molar-refractivity contribution in [2.45, 2.75) is 6.04 Å². The molecule has 0 aliphatic carbocycles. The summed E-state index contributed by atoms with van der Waals surface area (Å²) in [6, 6.07) is 10.2. The molecule has 0 bridgehead atoms. The summed E-state index contributed by atoms with van der Waals surface area (Å²) in [5.74, 6) is -1.24. The van der Waals surface area contributed by atoms with Crippen LogP contribution >= 0.6 is 27.5 Å². The Morgan fingerprint density at radius 2 is 2.00 bits per heavy atom. The Morgan fingerprint density at radius 1 is 1.30 bits per heavy atom. The maximum Gasteiger partial charge on any atom is 0.244 e. The minimum atomic E-state index is -1.01. The first-order valence-electron chi connectivity index (χ1n) is 5.74. The Balaban J connectivity index is 2.40. The summed E-state index contributed by atoms with van der Waals surface area (Å²) in [5, 5.41) is 3.25. The van der Waals surface area contributed by atoms with Crippen LogP contribution < -0.4 is 11.1 Å². The predicted octanol–water partition coefficient (Wildman–Crippen LogP) is 3.88. The summed E-state index contributed by atoms with van der Waals surface area (Å²) in [4.78, 5) is 11.6. The number of hydrogen-bond donors (Lipinski definition) is 2. The van der Waals surface area contributed by atoms with Crippen LogP contribution in [-0.4, -0.2) is 5.91 Å². The average Bonchev–Trinajstić information content (AvgIpc) is 2.40. The highest BCUT2D eigenvalue weighted by atomic mass is 79.9. The second kappa shape index (κ2) is 6.24. The molecule has 104 valence electrons. The topological polar surface area (TPSA) is 55.1 Å². The number of carbonyl (C=O) groups is 1. The van der Waals surface area contributed by atoms with Crippen LogP contribution in [0.1, 0.15) is 11.6 Å². The van der Waals surface area contributed by atoms with Gasteiger partial charge in [-0.15, -0.1) is 0 Å². The molecule has 0 spiro atoms. The number of halogens is 3. The lowest BCUT2D eigenvalue weighted by atomic mass is 10.1. The highest BCUT2D eigenvalue weighted by molar-refractivity contribution is 9.10. The van der Waals surface area contributed by atoms with Gasteiger partial charge in [-0.1, -0.05) is 23.7 Å². The minimum Gasteiger partial charge on any atom is -0.369 e. The number of para-hydroxylation sites is 1. The minimum absolute atomic E-state index is 0.112. The van der Waals surface area contributed by atoms with Gasteiger partial charge in [0.05, 0.1) is 0 Å². The lowest BCUT2D eigenvalue weighted by molar-refractivity contribution is -0.118. The highest BCUT2D eigenvalue weighted by Gasteiger charge is 2.22. The summed E-state index contributed by atoms with van der Waals surface area (Å²) in [7, 11) is 0. The molecular formula is C14H11BrClFN2O. The van der Waals surface area contributed by atoms with Crippen LogP contribution in [0.15, 0.2) is 46.9 Å². The number of anilines is 1. The van der Waals surface area contributed by atoms with Crippen molar-refractivity contribution in [2.75, 3.05) is 5.32 Å². The predicted molar refractivity (Wildman–Crippen MR) is 81.1 cm³/mol. The Labute approximate surface area is 129 Å². The van der Waals surface area contributed by atoms with Crippen molar-refractivity contribution in [3.05, 3.63) is 63.3 Å². The van der Waals surface area contributed by atoms with Crippen LogP contribution in [0.5, 0.6) is 0 Å². The molecule has 3 N–H and O–H groups in total. The standard InChI is InChI=1S/C14H11BrClFN2O/c15-10-3-1-2-4-12(10)19-13(14(18)20)9-7-8(16)5-6-11(9)17/h1-7,13,19H,(H2,18,20). The molecule has 0 heterocycles. The fraction of sp³-hybridized carbons (Fsp3) is 0.0714. The van der Waals surface area contributed by atoms with Crippen LogP contribution in [0, 0.1) is 5.82 Å². The molecule has 2 rings (SSSR count). The Hall–Kier alpha value is -1.59. The fourth-order valence-electron chi connectivity index (χ4n) is 1.77. The molecule has 0 saturated carbocycles. The molecule has 1 amide bonds. The van der Waals surface area contributed by atoms with E-state index in [0.29, 0.717) is 10.7 Å². The van der Waals surface area contributed by atoms with Crippen LogP contribution in [0.25, 0.3) is 0 Å². The van der Waals surface area contributed by atoms with E-state index in [-0.39, 0.29) is 5.56 Å². The summed E-state index contributed by atoms with van der Waals surface area (Å²) in [6.07, 6.45) is 0. The van der Waals surface area contributed by atoms with E-state index >= 15 is 0 Å². The maximum atomic E-state index is 13.9. The smallest absolute Gasteiger partial charge is 0.244 e. The van der Waals surface area contributed by atoms with Gasteiger partial charge >= 0.3 is 0 Å². The molecule has 1 atom stereocenters. The molecule has 3 nitrogen and oxygen atoms in total. The van der Waals surface area contributed by atoms with Gasteiger partial charge in [-0.2, -0.15) is 0 Å². The summed E-state index contributed by atoms with van der Waals surface area (Å²) in [5.41, 5.74) is 6.11. The van der Waals surface area contributed by atoms with Crippen molar-refractivity contribution in [1.82, 2.24) is 0 Å². The van der Waals surface area contributed by atoms with Gasteiger partial charge in [-0.25, -0.2) is 4.39 Å². The SMILES string of the molecule is NC(=O)C(Nc1ccccc1Br)c1cc(Cl)ccc1F. The van der Waals surface area contributed by atoms with Gasteiger partial charge in [-0.3, -0.25) is 4.79 Å². The molecular weight excluding hydrogens is 347 g/mol. The van der Waals surface area contributed by atoms with Gasteiger partial charge in [0.2, 0.25) is 5.91 Å². The molecule has 0 saturated heterocycles. The third kappa shape index (κ3) is 3.29. The third-order valence-corrected chi connectivity index (χ3v) is 3.65. The number of hydrogen-bond acceptors (Lipinski definition) is 2. The number of carbonyl (C=O) groups excluding carboxylic acids is 1. The van der Waals surface area contributed by atoms with Crippen molar-refractivity contribution in [3.63, 3.8) is 0 Å². The lowest BCUT2D eigenvalue weighted by Gasteiger charge is -2.19. The maximum absolute atomic E-state index is 13.9. The first-order valence-corrected chi connectivity index (χ1v) is 6.91. The monoisotopic (exact) mass is 356 g/mol. The van der Waals surface area contributed by atoms with Gasteiger partial charge in [0, 0.05) is 20.7 Å². The van der Waals surface area contributed by atoms with Crippen LogP contribution in [0.3, 0.4) is 0 Å². The quantitative estimate of drug-likeness (QED) is 0.872. The van der Waals surface area contributed by atoms with Crippen LogP contribution in [0.4, 0.5) is 10.1 Å². The number of amides is 1. The number of nitrogens with one attached hydrogen (secondary N) is 1. The molecule has 0 aliphatic heterocycles. The number of nitrogens with two attached hydrogens (primary N) is 1. The van der Waals surface area contributed by atoms with E-state index in [1.807, 2.05) is 6.07 Å². The van der Waals surface area contributed by atoms with E-state index in [9.17, 15) is 9.18 Å². The zero-order chi connectivity index (χ0) is 14.7. The molecule has 1 unspecified atom stereocenters. The van der Waals surface area contributed by atoms with E-state index < -0.39 is 17.8 Å². The first kappa shape index (κ1) is 14.8. The molecule has 0 aliphatic rings. The summed E-state index contributed by atoms with van der Waals surface area (Å²) < 4.78 is 14.6. The van der Waals surface area contributed by atoms with Crippen molar-refractivity contribution in [3.8, 4) is 0 Å². The first-order chi connectivity index (χ1) is 9.49. The molecule has 2 aromatic carbocycles. The Kier molecular flexibility index (Phi) is 4.62. The zero-order valence-electron chi connectivity index (χ0n) is 10.2. The van der Waals surface area contributed by atoms with Gasteiger partial charge in [0.1, 0.15) is 11.9 Å². The van der Waals surface area contributed by atoms with Gasteiger partial charge in [-0.05, 0) is 46.3 Å². The molecule has 20 heavy (non-hydrogen) atoms. The van der Waals surface area contributed by atoms with E-state index in [4.69, 9.17) is 17.3 Å². The van der Waals surface area contributed by atoms with E-state index in [0.717, 1.165) is 4.47 Å². The number of rotatable bonds is 4. The van der Waals surface area contributed by atoms with Crippen LogP contribution in [0.2, 0.25) is 5.02 Å². The third-order valence-electron chi connectivity index (χ3n) is 2.73. The van der Waals surface area contributed by atoms with Crippen molar-refractivity contribution in [2.24, 2.45) is 5.73 Å². The Morgan fingerprint density at radius 3 is 2.65 bits per heavy atom. The average molecular weight is 358 g/mol. The second-order valence-corrected chi connectivity index (χ2v) is 5.42. The largest absolute Gasteiger partial charge is 0.369 e. The Bertz CT molecular complexity index is 651. The van der Waals surface area contributed by atoms with E-state index in [1.54, 1.807) is 18.2 Å². The van der Waals surface area contributed by atoms with Crippen molar-refractivity contribution in [1.29, 1.82) is 0 Å². The van der Waals surface area contributed by atoms with Crippen LogP contribution in [-0.2, 0) is 4.79 Å². The lowest BCUT2D eigenvalue weighted by Crippen LogP contribution is -2.28. The number of primary amides is 1. The van der Waals surface area contributed by atoms with Gasteiger partial charge < -0.3 is 11.1 Å². The molecule has 0 fully saturated rings. The fourth-order valence-corrected chi connectivity index (χ4v) is 2.35. The molecule has 0 radical (unpaired) electrons. The van der Waals surface area contributed by atoms with Crippen molar-refractivity contribution >= 4 is 39.1 Å². The molecule has 6 heteroatoms. The van der Waals surface area contributed by atoms with Crippen molar-refractivity contribution < 1.29 is 9.18 Å². The highest BCUT2D eigenvalue weighted by Crippen LogP contribution is 2.28. The van der Waals surface area contributed by atoms with Gasteiger partial charge in [0.25, 0.3) is 0 Å². The summed E-state index contributed by atoms with van der Waals surface area (Å²) in [6.45, 7) is 0. The van der Waals surface area contributed by atoms with Gasteiger partial charge in [0.15, 0.2) is 0 Å². The van der Waals surface area contributed by atoms with E-state index in [2.05, 4.69) is 21.2 Å². The molecule has 0 aromatic heterocycles. The van der Waals surface area contributed by atoms with E-state index in [1.165, 1.54) is 18.2 Å². The number of benzene rings is 2. The zero-order valence-corrected chi connectivity index (χ0v) is 12.6. The second-order valence-electron chi connectivity index (χ2n) is 4.13. The summed E-state index contributed by atoms with van der Waals surface area (Å²) >= 11 is 9.19. The normalized spacial score (nSPS) is 11.9.